The SMILES string of the molecule is Cc1ccc(C)c(S(=O)(=O)Nc2ccccc2CCc2nc3ccccc3n2C)c1. The summed E-state index contributed by atoms with van der Waals surface area (Å²) in [6.07, 6.45) is 1.40. The van der Waals surface area contributed by atoms with Crippen molar-refractivity contribution in [3.8, 4) is 0 Å². The number of benzene rings is 3. The van der Waals surface area contributed by atoms with Gasteiger partial charge in [0.15, 0.2) is 0 Å². The molecule has 0 aliphatic heterocycles. The van der Waals surface area contributed by atoms with Crippen LogP contribution in [0.5, 0.6) is 0 Å². The summed E-state index contributed by atoms with van der Waals surface area (Å²) in [4.78, 5) is 5.04. The summed E-state index contributed by atoms with van der Waals surface area (Å²) < 4.78 is 31.0. The second-order valence-electron chi connectivity index (χ2n) is 7.61. The fraction of sp³-hybridized carbons (Fsp3) is 0.208. The summed E-state index contributed by atoms with van der Waals surface area (Å²) in [6.45, 7) is 3.70. The van der Waals surface area contributed by atoms with E-state index in [0.29, 0.717) is 23.4 Å². The molecule has 4 aromatic rings. The van der Waals surface area contributed by atoms with Crippen LogP contribution in [-0.2, 0) is 29.9 Å². The lowest BCUT2D eigenvalue weighted by Crippen LogP contribution is -2.16. The Morgan fingerprint density at radius 3 is 2.47 bits per heavy atom. The zero-order valence-corrected chi connectivity index (χ0v) is 18.2. The fourth-order valence-corrected chi connectivity index (χ4v) is 5.13. The molecule has 0 radical (unpaired) electrons. The number of hydrogen-bond donors (Lipinski definition) is 1. The zero-order chi connectivity index (χ0) is 21.3. The molecule has 0 amide bonds. The second kappa shape index (κ2) is 7.95. The van der Waals surface area contributed by atoms with Crippen LogP contribution in [0.15, 0.2) is 71.6 Å². The number of para-hydroxylation sites is 3. The first-order valence-corrected chi connectivity index (χ1v) is 11.4. The fourth-order valence-electron chi connectivity index (χ4n) is 3.70. The van der Waals surface area contributed by atoms with Crippen molar-refractivity contribution in [3.63, 3.8) is 0 Å². The molecule has 0 saturated heterocycles. The minimum Gasteiger partial charge on any atom is -0.331 e. The molecule has 0 fully saturated rings. The molecule has 0 atom stereocenters. The molecule has 0 bridgehead atoms. The lowest BCUT2D eigenvalue weighted by atomic mass is 10.1. The third kappa shape index (κ3) is 3.96. The average molecular weight is 420 g/mol. The summed E-state index contributed by atoms with van der Waals surface area (Å²) in [7, 11) is -1.66. The molecule has 154 valence electrons. The Kier molecular flexibility index (Phi) is 5.35. The highest BCUT2D eigenvalue weighted by molar-refractivity contribution is 7.92. The van der Waals surface area contributed by atoms with Crippen molar-refractivity contribution >= 4 is 26.7 Å². The third-order valence-electron chi connectivity index (χ3n) is 5.39. The first kappa shape index (κ1) is 20.2. The Morgan fingerprint density at radius 2 is 1.67 bits per heavy atom. The smallest absolute Gasteiger partial charge is 0.262 e. The van der Waals surface area contributed by atoms with E-state index < -0.39 is 10.0 Å². The minimum atomic E-state index is -3.67. The molecule has 0 aliphatic carbocycles. The predicted molar refractivity (Wildman–Crippen MR) is 121 cm³/mol. The maximum atomic E-state index is 13.0. The van der Waals surface area contributed by atoms with Gasteiger partial charge in [-0.1, -0.05) is 42.5 Å². The summed E-state index contributed by atoms with van der Waals surface area (Å²) >= 11 is 0. The molecule has 1 heterocycles. The van der Waals surface area contributed by atoms with E-state index in [4.69, 9.17) is 4.98 Å². The standard InChI is InChI=1S/C24H25N3O2S/c1-17-12-13-18(2)23(16-17)30(28,29)26-20-9-5-4-8-19(20)14-15-24-25-21-10-6-7-11-22(21)27(24)3/h4-13,16,26H,14-15H2,1-3H3. The molecule has 30 heavy (non-hydrogen) atoms. The minimum absolute atomic E-state index is 0.313. The van der Waals surface area contributed by atoms with Gasteiger partial charge < -0.3 is 4.57 Å². The Bertz CT molecular complexity index is 1320. The van der Waals surface area contributed by atoms with Crippen LogP contribution in [0.3, 0.4) is 0 Å². The number of anilines is 1. The number of nitrogens with one attached hydrogen (secondary N) is 1. The number of sulfonamides is 1. The maximum Gasteiger partial charge on any atom is 0.262 e. The van der Waals surface area contributed by atoms with Gasteiger partial charge in [0.1, 0.15) is 5.82 Å². The molecule has 0 spiro atoms. The van der Waals surface area contributed by atoms with Crippen molar-refractivity contribution in [2.75, 3.05) is 4.72 Å². The second-order valence-corrected chi connectivity index (χ2v) is 9.26. The van der Waals surface area contributed by atoms with Gasteiger partial charge in [0.05, 0.1) is 21.6 Å². The van der Waals surface area contributed by atoms with Gasteiger partial charge in [-0.15, -0.1) is 0 Å². The molecule has 4 rings (SSSR count). The van der Waals surface area contributed by atoms with E-state index in [9.17, 15) is 8.42 Å². The topological polar surface area (TPSA) is 64.0 Å². The molecule has 0 unspecified atom stereocenters. The van der Waals surface area contributed by atoms with Crippen LogP contribution in [-0.4, -0.2) is 18.0 Å². The molecular formula is C24H25N3O2S. The highest BCUT2D eigenvalue weighted by atomic mass is 32.2. The normalized spacial score (nSPS) is 11.7. The number of hydrogen-bond acceptors (Lipinski definition) is 3. The first-order chi connectivity index (χ1) is 14.3. The van der Waals surface area contributed by atoms with Gasteiger partial charge in [-0.3, -0.25) is 4.72 Å². The largest absolute Gasteiger partial charge is 0.331 e. The average Bonchev–Trinajstić information content (AvgIpc) is 3.05. The number of imidazole rings is 1. The van der Waals surface area contributed by atoms with Crippen LogP contribution in [0.25, 0.3) is 11.0 Å². The lowest BCUT2D eigenvalue weighted by Gasteiger charge is -2.14. The van der Waals surface area contributed by atoms with Gasteiger partial charge >= 0.3 is 0 Å². The Hall–Kier alpha value is -3.12. The Labute approximate surface area is 177 Å². The van der Waals surface area contributed by atoms with Crippen LogP contribution in [0.4, 0.5) is 5.69 Å². The summed E-state index contributed by atoms with van der Waals surface area (Å²) in [5.41, 5.74) is 5.26. The molecular weight excluding hydrogens is 394 g/mol. The summed E-state index contributed by atoms with van der Waals surface area (Å²) in [5, 5.41) is 0. The highest BCUT2D eigenvalue weighted by Crippen LogP contribution is 2.24. The highest BCUT2D eigenvalue weighted by Gasteiger charge is 2.19. The van der Waals surface area contributed by atoms with Crippen LogP contribution < -0.4 is 4.72 Å². The van der Waals surface area contributed by atoms with E-state index in [1.54, 1.807) is 6.07 Å². The van der Waals surface area contributed by atoms with Gasteiger partial charge in [0.25, 0.3) is 10.0 Å². The van der Waals surface area contributed by atoms with E-state index in [1.165, 1.54) is 0 Å². The third-order valence-corrected chi connectivity index (χ3v) is 6.90. The van der Waals surface area contributed by atoms with Gasteiger partial charge in [0.2, 0.25) is 0 Å². The van der Waals surface area contributed by atoms with E-state index in [0.717, 1.165) is 33.5 Å². The van der Waals surface area contributed by atoms with Gasteiger partial charge in [0, 0.05) is 13.5 Å². The summed E-state index contributed by atoms with van der Waals surface area (Å²) in [6, 6.07) is 21.1. The molecule has 1 N–H and O–H groups in total. The van der Waals surface area contributed by atoms with E-state index in [-0.39, 0.29) is 0 Å². The number of aromatic nitrogens is 2. The van der Waals surface area contributed by atoms with Gasteiger partial charge in [-0.2, -0.15) is 0 Å². The van der Waals surface area contributed by atoms with Crippen molar-refractivity contribution in [2.24, 2.45) is 7.05 Å². The van der Waals surface area contributed by atoms with Crippen molar-refractivity contribution in [1.29, 1.82) is 0 Å². The van der Waals surface area contributed by atoms with E-state index >= 15 is 0 Å². The Morgan fingerprint density at radius 1 is 0.933 bits per heavy atom. The molecule has 0 saturated carbocycles. The van der Waals surface area contributed by atoms with Crippen LogP contribution >= 0.6 is 0 Å². The molecule has 3 aromatic carbocycles. The maximum absolute atomic E-state index is 13.0. The molecule has 6 heteroatoms. The molecule has 5 nitrogen and oxygen atoms in total. The first-order valence-electron chi connectivity index (χ1n) is 9.93. The van der Waals surface area contributed by atoms with Crippen molar-refractivity contribution in [1.82, 2.24) is 9.55 Å². The van der Waals surface area contributed by atoms with Crippen molar-refractivity contribution in [3.05, 3.63) is 89.2 Å². The predicted octanol–water partition coefficient (Wildman–Crippen LogP) is 4.78. The number of aryl methyl sites for hydroxylation is 5. The van der Waals surface area contributed by atoms with Crippen LogP contribution in [0, 0.1) is 13.8 Å². The van der Waals surface area contributed by atoms with Crippen molar-refractivity contribution < 1.29 is 8.42 Å². The van der Waals surface area contributed by atoms with E-state index in [2.05, 4.69) is 15.4 Å². The monoisotopic (exact) mass is 419 g/mol. The molecule has 1 aromatic heterocycles. The van der Waals surface area contributed by atoms with Crippen LogP contribution in [0.2, 0.25) is 0 Å². The van der Waals surface area contributed by atoms with Gasteiger partial charge in [-0.05, 0) is 61.2 Å². The van der Waals surface area contributed by atoms with Gasteiger partial charge in [-0.25, -0.2) is 13.4 Å². The molecule has 0 aliphatic rings. The quantitative estimate of drug-likeness (QED) is 0.489. The van der Waals surface area contributed by atoms with Crippen LogP contribution in [0.1, 0.15) is 22.5 Å². The number of rotatable bonds is 6. The van der Waals surface area contributed by atoms with Crippen molar-refractivity contribution in [2.45, 2.75) is 31.6 Å². The Balaban J connectivity index is 1.59. The number of fused-ring (bicyclic) bond motifs is 1. The van der Waals surface area contributed by atoms with E-state index in [1.807, 2.05) is 75.5 Å². The number of nitrogens with zero attached hydrogens (tertiary/aromatic N) is 2. The lowest BCUT2D eigenvalue weighted by molar-refractivity contribution is 0.600. The summed E-state index contributed by atoms with van der Waals surface area (Å²) in [5.74, 6) is 0.975. The zero-order valence-electron chi connectivity index (χ0n) is 17.4.